The molecule has 0 spiro atoms. The number of aliphatic hydroxyl groups is 1. The summed E-state index contributed by atoms with van der Waals surface area (Å²) in [6, 6.07) is 7.30. The van der Waals surface area contributed by atoms with Crippen molar-refractivity contribution in [3.63, 3.8) is 0 Å². The van der Waals surface area contributed by atoms with Gasteiger partial charge in [0, 0.05) is 0 Å². The van der Waals surface area contributed by atoms with Crippen LogP contribution in [0.15, 0.2) is 24.3 Å². The zero-order valence-corrected chi connectivity index (χ0v) is 11.8. The van der Waals surface area contributed by atoms with Gasteiger partial charge < -0.3 is 24.6 Å². The second kappa shape index (κ2) is 6.01. The average Bonchev–Trinajstić information content (AvgIpc) is 3.03. The average molecular weight is 293 g/mol. The van der Waals surface area contributed by atoms with Gasteiger partial charge in [0.25, 0.3) is 5.91 Å². The van der Waals surface area contributed by atoms with E-state index in [-0.39, 0.29) is 37.4 Å². The van der Waals surface area contributed by atoms with E-state index in [1.54, 1.807) is 0 Å². The summed E-state index contributed by atoms with van der Waals surface area (Å²) in [5, 5.41) is 12.5. The molecule has 0 aliphatic carbocycles. The molecule has 1 aromatic rings. The third-order valence-corrected chi connectivity index (χ3v) is 3.83. The molecular formula is C15H19NO5. The van der Waals surface area contributed by atoms with Crippen LogP contribution in [0, 0.1) is 6.92 Å². The Kier molecular flexibility index (Phi) is 4.10. The highest BCUT2D eigenvalue weighted by molar-refractivity contribution is 5.78. The van der Waals surface area contributed by atoms with Crippen molar-refractivity contribution in [1.29, 1.82) is 0 Å². The first-order valence-electron chi connectivity index (χ1n) is 7.04. The molecule has 21 heavy (non-hydrogen) atoms. The van der Waals surface area contributed by atoms with E-state index in [9.17, 15) is 9.90 Å². The third-order valence-electron chi connectivity index (χ3n) is 3.83. The smallest absolute Gasteiger partial charge is 0.258 e. The van der Waals surface area contributed by atoms with Crippen LogP contribution in [0.25, 0.3) is 0 Å². The zero-order chi connectivity index (χ0) is 14.8. The largest absolute Gasteiger partial charge is 0.484 e. The molecule has 1 amide bonds. The molecule has 2 N–H and O–H groups in total. The van der Waals surface area contributed by atoms with Crippen molar-refractivity contribution in [2.75, 3.05) is 19.8 Å². The normalized spacial score (nSPS) is 31.0. The first kappa shape index (κ1) is 14.3. The molecule has 114 valence electrons. The molecule has 0 unspecified atom stereocenters. The Balaban J connectivity index is 1.50. The van der Waals surface area contributed by atoms with Crippen molar-refractivity contribution in [3.8, 4) is 5.75 Å². The van der Waals surface area contributed by atoms with Crippen LogP contribution >= 0.6 is 0 Å². The zero-order valence-electron chi connectivity index (χ0n) is 11.8. The maximum atomic E-state index is 11.9. The van der Waals surface area contributed by atoms with Gasteiger partial charge in [-0.05, 0) is 18.6 Å². The predicted octanol–water partition coefficient (Wildman–Crippen LogP) is 0.0171. The van der Waals surface area contributed by atoms with Gasteiger partial charge in [-0.15, -0.1) is 0 Å². The van der Waals surface area contributed by atoms with Crippen LogP contribution in [-0.4, -0.2) is 55.2 Å². The van der Waals surface area contributed by atoms with Gasteiger partial charge in [-0.25, -0.2) is 0 Å². The Morgan fingerprint density at radius 2 is 2.10 bits per heavy atom. The molecule has 2 saturated heterocycles. The second-order valence-electron chi connectivity index (χ2n) is 5.39. The molecule has 2 aliphatic rings. The van der Waals surface area contributed by atoms with Crippen LogP contribution in [-0.2, 0) is 14.3 Å². The number of carbonyl (C=O) groups is 1. The molecule has 4 atom stereocenters. The van der Waals surface area contributed by atoms with E-state index in [2.05, 4.69) is 5.32 Å². The fourth-order valence-corrected chi connectivity index (χ4v) is 2.71. The summed E-state index contributed by atoms with van der Waals surface area (Å²) < 4.78 is 16.4. The monoisotopic (exact) mass is 293 g/mol. The van der Waals surface area contributed by atoms with E-state index in [0.29, 0.717) is 12.4 Å². The number of carbonyl (C=O) groups excluding carboxylic acids is 1. The van der Waals surface area contributed by atoms with Gasteiger partial charge in [0.1, 0.15) is 24.1 Å². The maximum absolute atomic E-state index is 11.9. The van der Waals surface area contributed by atoms with Crippen LogP contribution in [0.3, 0.4) is 0 Å². The molecular weight excluding hydrogens is 274 g/mol. The first-order chi connectivity index (χ1) is 10.1. The minimum atomic E-state index is -0.611. The lowest BCUT2D eigenvalue weighted by Crippen LogP contribution is -2.45. The number of aliphatic hydroxyl groups excluding tert-OH is 1. The van der Waals surface area contributed by atoms with Crippen LogP contribution in [0.2, 0.25) is 0 Å². The summed E-state index contributed by atoms with van der Waals surface area (Å²) in [6.45, 7) is 2.47. The van der Waals surface area contributed by atoms with Gasteiger partial charge in [-0.2, -0.15) is 0 Å². The first-order valence-corrected chi connectivity index (χ1v) is 7.04. The fraction of sp³-hybridized carbons (Fsp3) is 0.533. The number of rotatable bonds is 4. The molecule has 0 bridgehead atoms. The van der Waals surface area contributed by atoms with Gasteiger partial charge in [0.2, 0.25) is 0 Å². The molecule has 0 aromatic heterocycles. The molecule has 2 fully saturated rings. The number of fused-ring (bicyclic) bond motifs is 1. The molecule has 6 heteroatoms. The van der Waals surface area contributed by atoms with E-state index in [0.717, 1.165) is 5.56 Å². The highest BCUT2D eigenvalue weighted by atomic mass is 16.6. The summed E-state index contributed by atoms with van der Waals surface area (Å²) >= 11 is 0. The molecule has 0 saturated carbocycles. The quantitative estimate of drug-likeness (QED) is 0.818. The fourth-order valence-electron chi connectivity index (χ4n) is 2.71. The molecule has 3 rings (SSSR count). The van der Waals surface area contributed by atoms with E-state index in [1.165, 1.54) is 0 Å². The van der Waals surface area contributed by atoms with Gasteiger partial charge in [0.15, 0.2) is 6.61 Å². The van der Waals surface area contributed by atoms with Gasteiger partial charge in [0.05, 0.1) is 19.3 Å². The Morgan fingerprint density at radius 1 is 1.33 bits per heavy atom. The van der Waals surface area contributed by atoms with Crippen LogP contribution in [0.5, 0.6) is 5.75 Å². The second-order valence-corrected chi connectivity index (χ2v) is 5.39. The number of amides is 1. The lowest BCUT2D eigenvalue weighted by molar-refractivity contribution is -0.124. The van der Waals surface area contributed by atoms with Crippen LogP contribution in [0.1, 0.15) is 5.56 Å². The van der Waals surface area contributed by atoms with Crippen molar-refractivity contribution in [2.24, 2.45) is 0 Å². The van der Waals surface area contributed by atoms with Crippen LogP contribution < -0.4 is 10.1 Å². The van der Waals surface area contributed by atoms with Gasteiger partial charge >= 0.3 is 0 Å². The molecule has 2 heterocycles. The Morgan fingerprint density at radius 3 is 2.90 bits per heavy atom. The van der Waals surface area contributed by atoms with E-state index >= 15 is 0 Å². The lowest BCUT2D eigenvalue weighted by atomic mass is 10.1. The SMILES string of the molecule is Cc1ccccc1OCC(=O)N[C@@H]1CO[C@H]2[C@@H]1OC[C@H]2O. The molecule has 0 radical (unpaired) electrons. The summed E-state index contributed by atoms with van der Waals surface area (Å²) in [7, 11) is 0. The Labute approximate surface area is 123 Å². The van der Waals surface area contributed by atoms with Crippen molar-refractivity contribution >= 4 is 5.91 Å². The van der Waals surface area contributed by atoms with E-state index in [1.807, 2.05) is 31.2 Å². The summed E-state index contributed by atoms with van der Waals surface area (Å²) in [4.78, 5) is 11.9. The van der Waals surface area contributed by atoms with Crippen molar-refractivity contribution < 1.29 is 24.1 Å². The number of nitrogens with one attached hydrogen (secondary N) is 1. The van der Waals surface area contributed by atoms with Gasteiger partial charge in [-0.3, -0.25) is 4.79 Å². The summed E-state index contributed by atoms with van der Waals surface area (Å²) in [5.74, 6) is 0.471. The number of hydrogen-bond acceptors (Lipinski definition) is 5. The molecule has 2 aliphatic heterocycles. The standard InChI is InChI=1S/C15H19NO5/c1-9-4-2-3-5-12(9)19-8-13(18)16-10-6-20-15-11(17)7-21-14(10)15/h2-5,10-11,14-15,17H,6-8H2,1H3,(H,16,18)/t10-,11-,14-,15-/m1/s1. The molecule has 1 aromatic carbocycles. The summed E-state index contributed by atoms with van der Waals surface area (Å²) in [6.07, 6.45) is -1.23. The van der Waals surface area contributed by atoms with Crippen molar-refractivity contribution in [2.45, 2.75) is 31.3 Å². The Bertz CT molecular complexity index is 521. The number of para-hydroxylation sites is 1. The number of aryl methyl sites for hydroxylation is 1. The molecule has 6 nitrogen and oxygen atoms in total. The lowest BCUT2D eigenvalue weighted by Gasteiger charge is -2.17. The highest BCUT2D eigenvalue weighted by Crippen LogP contribution is 2.26. The van der Waals surface area contributed by atoms with Crippen molar-refractivity contribution in [1.82, 2.24) is 5.32 Å². The highest BCUT2D eigenvalue weighted by Gasteiger charge is 2.47. The third kappa shape index (κ3) is 3.02. The topological polar surface area (TPSA) is 77.0 Å². The number of benzene rings is 1. The van der Waals surface area contributed by atoms with E-state index < -0.39 is 6.10 Å². The van der Waals surface area contributed by atoms with Crippen molar-refractivity contribution in [3.05, 3.63) is 29.8 Å². The minimum Gasteiger partial charge on any atom is -0.484 e. The van der Waals surface area contributed by atoms with Gasteiger partial charge in [-0.1, -0.05) is 18.2 Å². The number of ether oxygens (including phenoxy) is 3. The number of hydrogen-bond donors (Lipinski definition) is 2. The van der Waals surface area contributed by atoms with Crippen LogP contribution in [0.4, 0.5) is 0 Å². The Hall–Kier alpha value is -1.63. The predicted molar refractivity (Wildman–Crippen MR) is 74.1 cm³/mol. The van der Waals surface area contributed by atoms with E-state index in [4.69, 9.17) is 14.2 Å². The summed E-state index contributed by atoms with van der Waals surface area (Å²) in [5.41, 5.74) is 0.983. The minimum absolute atomic E-state index is 0.0543. The maximum Gasteiger partial charge on any atom is 0.258 e.